The number of anilines is 2. The van der Waals surface area contributed by atoms with Gasteiger partial charge in [0.1, 0.15) is 0 Å². The first-order valence-electron chi connectivity index (χ1n) is 7.77. The number of rotatable bonds is 3. The molecule has 0 spiro atoms. The zero-order valence-corrected chi connectivity index (χ0v) is 12.1. The summed E-state index contributed by atoms with van der Waals surface area (Å²) in [6, 6.07) is 9.61. The maximum Gasteiger partial charge on any atom is 0.0642 e. The summed E-state index contributed by atoms with van der Waals surface area (Å²) in [4.78, 5) is 2.42. The molecule has 3 rings (SSSR count). The van der Waals surface area contributed by atoms with E-state index >= 15 is 0 Å². The van der Waals surface area contributed by atoms with Crippen molar-refractivity contribution in [3.63, 3.8) is 0 Å². The lowest BCUT2D eigenvalue weighted by molar-refractivity contribution is 0.123. The standard InChI is InChI=1S/C16H25N3O/c17-13-5-7-14(8-6-13)18-15-3-1-2-4-16(15)19-9-11-20-12-10-19/h1-4,13-14,18H,5-12,17H2. The van der Waals surface area contributed by atoms with Crippen molar-refractivity contribution in [3.05, 3.63) is 24.3 Å². The van der Waals surface area contributed by atoms with Crippen molar-refractivity contribution in [2.24, 2.45) is 5.73 Å². The number of hydrogen-bond donors (Lipinski definition) is 2. The van der Waals surface area contributed by atoms with Gasteiger partial charge in [0.25, 0.3) is 0 Å². The van der Waals surface area contributed by atoms with Crippen LogP contribution >= 0.6 is 0 Å². The number of nitrogens with two attached hydrogens (primary N) is 1. The molecule has 0 radical (unpaired) electrons. The van der Waals surface area contributed by atoms with Crippen LogP contribution in [0.1, 0.15) is 25.7 Å². The topological polar surface area (TPSA) is 50.5 Å². The predicted molar refractivity (Wildman–Crippen MR) is 83.3 cm³/mol. The first-order valence-corrected chi connectivity index (χ1v) is 7.77. The maximum absolute atomic E-state index is 5.99. The van der Waals surface area contributed by atoms with Crippen LogP contribution < -0.4 is 16.0 Å². The van der Waals surface area contributed by atoms with Gasteiger partial charge in [-0.3, -0.25) is 0 Å². The molecule has 2 fully saturated rings. The largest absolute Gasteiger partial charge is 0.381 e. The van der Waals surface area contributed by atoms with Crippen molar-refractivity contribution in [2.45, 2.75) is 37.8 Å². The molecule has 1 saturated heterocycles. The summed E-state index contributed by atoms with van der Waals surface area (Å²) in [5, 5.41) is 3.73. The molecule has 1 saturated carbocycles. The van der Waals surface area contributed by atoms with Crippen LogP contribution in [0.3, 0.4) is 0 Å². The Morgan fingerprint density at radius 3 is 2.50 bits per heavy atom. The molecular formula is C16H25N3O. The fourth-order valence-corrected chi connectivity index (χ4v) is 3.16. The van der Waals surface area contributed by atoms with E-state index in [-0.39, 0.29) is 0 Å². The third-order valence-corrected chi connectivity index (χ3v) is 4.39. The minimum atomic E-state index is 0.405. The molecule has 0 amide bonds. The van der Waals surface area contributed by atoms with E-state index in [9.17, 15) is 0 Å². The molecule has 2 aliphatic rings. The fourth-order valence-electron chi connectivity index (χ4n) is 3.16. The molecule has 20 heavy (non-hydrogen) atoms. The normalized spacial score (nSPS) is 27.4. The number of morpholine rings is 1. The SMILES string of the molecule is NC1CCC(Nc2ccccc2N2CCOCC2)CC1. The Labute approximate surface area is 121 Å². The Morgan fingerprint density at radius 2 is 1.75 bits per heavy atom. The Balaban J connectivity index is 1.69. The second-order valence-electron chi connectivity index (χ2n) is 5.87. The van der Waals surface area contributed by atoms with Gasteiger partial charge >= 0.3 is 0 Å². The molecule has 0 aromatic heterocycles. The van der Waals surface area contributed by atoms with Crippen LogP contribution in [-0.4, -0.2) is 38.4 Å². The van der Waals surface area contributed by atoms with E-state index in [0.717, 1.165) is 39.1 Å². The smallest absolute Gasteiger partial charge is 0.0642 e. The summed E-state index contributed by atoms with van der Waals surface area (Å²) in [5.74, 6) is 0. The lowest BCUT2D eigenvalue weighted by Crippen LogP contribution is -2.37. The number of nitrogens with zero attached hydrogens (tertiary/aromatic N) is 1. The first kappa shape index (κ1) is 13.7. The van der Waals surface area contributed by atoms with E-state index in [0.29, 0.717) is 12.1 Å². The Kier molecular flexibility index (Phi) is 4.43. The molecule has 3 N–H and O–H groups in total. The summed E-state index contributed by atoms with van der Waals surface area (Å²) < 4.78 is 5.45. The molecule has 1 aliphatic carbocycles. The third-order valence-electron chi connectivity index (χ3n) is 4.39. The molecule has 0 atom stereocenters. The molecule has 0 unspecified atom stereocenters. The molecule has 1 heterocycles. The van der Waals surface area contributed by atoms with Crippen LogP contribution in [0, 0.1) is 0 Å². The molecule has 4 nitrogen and oxygen atoms in total. The summed E-state index contributed by atoms with van der Waals surface area (Å²) in [6.45, 7) is 3.61. The zero-order chi connectivity index (χ0) is 13.8. The highest BCUT2D eigenvalue weighted by Crippen LogP contribution is 2.29. The van der Waals surface area contributed by atoms with Gasteiger partial charge in [-0.05, 0) is 37.8 Å². The van der Waals surface area contributed by atoms with E-state index in [2.05, 4.69) is 34.5 Å². The highest BCUT2D eigenvalue weighted by atomic mass is 16.5. The van der Waals surface area contributed by atoms with Gasteiger partial charge < -0.3 is 20.7 Å². The van der Waals surface area contributed by atoms with Crippen LogP contribution in [0.4, 0.5) is 11.4 Å². The molecular weight excluding hydrogens is 250 g/mol. The van der Waals surface area contributed by atoms with Gasteiger partial charge in [0, 0.05) is 25.2 Å². The monoisotopic (exact) mass is 275 g/mol. The molecule has 1 aromatic carbocycles. The van der Waals surface area contributed by atoms with Crippen molar-refractivity contribution in [1.29, 1.82) is 0 Å². The maximum atomic E-state index is 5.99. The lowest BCUT2D eigenvalue weighted by Gasteiger charge is -2.33. The van der Waals surface area contributed by atoms with Crippen LogP contribution in [0.2, 0.25) is 0 Å². The number of benzene rings is 1. The summed E-state index contributed by atoms with van der Waals surface area (Å²) in [5.41, 5.74) is 8.56. The Hall–Kier alpha value is -1.26. The average molecular weight is 275 g/mol. The number of nitrogens with one attached hydrogen (secondary N) is 1. The Morgan fingerprint density at radius 1 is 1.05 bits per heavy atom. The summed E-state index contributed by atoms with van der Waals surface area (Å²) in [7, 11) is 0. The van der Waals surface area contributed by atoms with Crippen LogP contribution in [0.15, 0.2) is 24.3 Å². The highest BCUT2D eigenvalue weighted by molar-refractivity contribution is 5.70. The number of ether oxygens (including phenoxy) is 1. The van der Waals surface area contributed by atoms with E-state index in [1.165, 1.54) is 24.2 Å². The predicted octanol–water partition coefficient (Wildman–Crippen LogP) is 2.21. The van der Waals surface area contributed by atoms with Gasteiger partial charge in [0.05, 0.1) is 24.6 Å². The van der Waals surface area contributed by atoms with Gasteiger partial charge in [0.15, 0.2) is 0 Å². The number of hydrogen-bond acceptors (Lipinski definition) is 4. The van der Waals surface area contributed by atoms with Crippen molar-refractivity contribution in [2.75, 3.05) is 36.5 Å². The van der Waals surface area contributed by atoms with Crippen LogP contribution in [-0.2, 0) is 4.74 Å². The van der Waals surface area contributed by atoms with Gasteiger partial charge in [-0.25, -0.2) is 0 Å². The lowest BCUT2D eigenvalue weighted by atomic mass is 9.91. The fraction of sp³-hybridized carbons (Fsp3) is 0.625. The summed E-state index contributed by atoms with van der Waals surface area (Å²) in [6.07, 6.45) is 4.63. The van der Waals surface area contributed by atoms with Crippen LogP contribution in [0.5, 0.6) is 0 Å². The van der Waals surface area contributed by atoms with Gasteiger partial charge in [-0.1, -0.05) is 12.1 Å². The van der Waals surface area contributed by atoms with E-state index in [1.54, 1.807) is 0 Å². The molecule has 0 bridgehead atoms. The minimum absolute atomic E-state index is 0.405. The minimum Gasteiger partial charge on any atom is -0.381 e. The van der Waals surface area contributed by atoms with Gasteiger partial charge in [0.2, 0.25) is 0 Å². The van der Waals surface area contributed by atoms with Crippen molar-refractivity contribution >= 4 is 11.4 Å². The van der Waals surface area contributed by atoms with E-state index in [4.69, 9.17) is 10.5 Å². The van der Waals surface area contributed by atoms with Crippen molar-refractivity contribution in [1.82, 2.24) is 0 Å². The zero-order valence-electron chi connectivity index (χ0n) is 12.1. The third kappa shape index (κ3) is 3.25. The second-order valence-corrected chi connectivity index (χ2v) is 5.87. The molecule has 1 aromatic rings. The Bertz CT molecular complexity index is 423. The molecule has 1 aliphatic heterocycles. The van der Waals surface area contributed by atoms with E-state index in [1.807, 2.05) is 0 Å². The molecule has 110 valence electrons. The van der Waals surface area contributed by atoms with E-state index < -0.39 is 0 Å². The quantitative estimate of drug-likeness (QED) is 0.888. The number of para-hydroxylation sites is 2. The van der Waals surface area contributed by atoms with Crippen molar-refractivity contribution < 1.29 is 4.74 Å². The second kappa shape index (κ2) is 6.46. The van der Waals surface area contributed by atoms with Crippen molar-refractivity contribution in [3.8, 4) is 0 Å². The van der Waals surface area contributed by atoms with Gasteiger partial charge in [-0.15, -0.1) is 0 Å². The van der Waals surface area contributed by atoms with Gasteiger partial charge in [-0.2, -0.15) is 0 Å². The van der Waals surface area contributed by atoms with Crippen LogP contribution in [0.25, 0.3) is 0 Å². The summed E-state index contributed by atoms with van der Waals surface area (Å²) >= 11 is 0. The molecule has 4 heteroatoms. The first-order chi connectivity index (χ1) is 9.83. The average Bonchev–Trinajstić information content (AvgIpc) is 2.51. The highest BCUT2D eigenvalue weighted by Gasteiger charge is 2.20.